The summed E-state index contributed by atoms with van der Waals surface area (Å²) in [7, 11) is 1.59. The van der Waals surface area contributed by atoms with Crippen LogP contribution in [0.15, 0.2) is 66.4 Å². The summed E-state index contributed by atoms with van der Waals surface area (Å²) in [5.74, 6) is -0.572. The van der Waals surface area contributed by atoms with Crippen LogP contribution in [0.2, 0.25) is 0 Å². The molecule has 0 bridgehead atoms. The van der Waals surface area contributed by atoms with Crippen LogP contribution >= 0.6 is 0 Å². The number of carbonyl (C=O) groups excluding carboxylic acids is 2. The Kier molecular flexibility index (Phi) is 8.71. The summed E-state index contributed by atoms with van der Waals surface area (Å²) in [4.78, 5) is 29.3. The van der Waals surface area contributed by atoms with Gasteiger partial charge >= 0.3 is 11.9 Å². The second kappa shape index (κ2) is 11.7. The highest BCUT2D eigenvalue weighted by Crippen LogP contribution is 2.51. The highest BCUT2D eigenvalue weighted by molar-refractivity contribution is 6.02. The number of hydrogen-bond donors (Lipinski definition) is 1. The molecule has 0 amide bonds. The number of rotatable bonds is 10. The minimum absolute atomic E-state index is 0.0103. The third kappa shape index (κ3) is 5.09. The first-order valence-electron chi connectivity index (χ1n) is 11.6. The van der Waals surface area contributed by atoms with Crippen molar-refractivity contribution < 1.29 is 28.9 Å². The van der Waals surface area contributed by atoms with Crippen molar-refractivity contribution in [2.24, 2.45) is 5.41 Å². The molecular formula is C27H33NO6. The van der Waals surface area contributed by atoms with Crippen LogP contribution in [0.5, 0.6) is 5.75 Å². The fourth-order valence-electron chi connectivity index (χ4n) is 4.49. The molecule has 0 spiro atoms. The minimum atomic E-state index is -1.63. The fraction of sp³-hybridized carbons (Fsp3) is 0.407. The summed E-state index contributed by atoms with van der Waals surface area (Å²) in [6, 6.07) is 16.2. The monoisotopic (exact) mass is 467 g/mol. The van der Waals surface area contributed by atoms with Crippen molar-refractivity contribution in [2.75, 3.05) is 31.8 Å². The number of esters is 2. The van der Waals surface area contributed by atoms with E-state index in [-0.39, 0.29) is 26.2 Å². The number of hydrogen-bond acceptors (Lipinski definition) is 7. The Morgan fingerprint density at radius 1 is 1.00 bits per heavy atom. The summed E-state index contributed by atoms with van der Waals surface area (Å²) in [5, 5.41) is 9.44. The zero-order valence-electron chi connectivity index (χ0n) is 20.0. The van der Waals surface area contributed by atoms with Gasteiger partial charge in [-0.1, -0.05) is 35.9 Å². The van der Waals surface area contributed by atoms with Crippen LogP contribution in [-0.2, 0) is 19.1 Å². The van der Waals surface area contributed by atoms with E-state index < -0.39 is 23.4 Å². The topological polar surface area (TPSA) is 85.3 Å². The predicted molar refractivity (Wildman–Crippen MR) is 129 cm³/mol. The summed E-state index contributed by atoms with van der Waals surface area (Å²) < 4.78 is 16.4. The van der Waals surface area contributed by atoms with Crippen LogP contribution in [0.3, 0.4) is 0 Å². The molecule has 0 saturated heterocycles. The van der Waals surface area contributed by atoms with E-state index in [4.69, 9.17) is 14.2 Å². The molecule has 0 fully saturated rings. The number of carbonyl (C=O) groups is 2. The predicted octanol–water partition coefficient (Wildman–Crippen LogP) is 4.42. The van der Waals surface area contributed by atoms with Crippen molar-refractivity contribution in [3.63, 3.8) is 0 Å². The Morgan fingerprint density at radius 3 is 2.15 bits per heavy atom. The average molecular weight is 468 g/mol. The Morgan fingerprint density at radius 2 is 1.62 bits per heavy atom. The lowest BCUT2D eigenvalue weighted by molar-refractivity contribution is -0.174. The van der Waals surface area contributed by atoms with Gasteiger partial charge in [-0.3, -0.25) is 9.59 Å². The molecule has 0 aliphatic carbocycles. The van der Waals surface area contributed by atoms with E-state index in [2.05, 4.69) is 0 Å². The van der Waals surface area contributed by atoms with Crippen molar-refractivity contribution in [3.8, 4) is 5.75 Å². The van der Waals surface area contributed by atoms with E-state index in [1.165, 1.54) is 0 Å². The van der Waals surface area contributed by atoms with Gasteiger partial charge in [-0.25, -0.2) is 0 Å². The molecule has 34 heavy (non-hydrogen) atoms. The number of para-hydroxylation sites is 1. The molecule has 7 nitrogen and oxygen atoms in total. The van der Waals surface area contributed by atoms with Gasteiger partial charge in [-0.05, 0) is 62.9 Å². The first kappa shape index (κ1) is 25.3. The van der Waals surface area contributed by atoms with Gasteiger partial charge in [0.1, 0.15) is 5.75 Å². The zero-order valence-corrected chi connectivity index (χ0v) is 20.0. The number of aliphatic hydroxyl groups excluding tert-OH is 1. The van der Waals surface area contributed by atoms with Crippen LogP contribution in [-0.4, -0.2) is 44.0 Å². The van der Waals surface area contributed by atoms with E-state index in [0.717, 1.165) is 16.8 Å². The minimum Gasteiger partial charge on any atom is -0.497 e. The van der Waals surface area contributed by atoms with Crippen LogP contribution in [0.1, 0.15) is 44.7 Å². The maximum Gasteiger partial charge on any atom is 0.326 e. The molecule has 182 valence electrons. The highest BCUT2D eigenvalue weighted by atomic mass is 16.6. The molecule has 1 unspecified atom stereocenters. The number of ether oxygens (including phenoxy) is 3. The van der Waals surface area contributed by atoms with Crippen molar-refractivity contribution in [1.82, 2.24) is 0 Å². The third-order valence-corrected chi connectivity index (χ3v) is 5.99. The second-order valence-electron chi connectivity index (χ2n) is 8.12. The molecule has 3 rings (SSSR count). The SMILES string of the molecule is CCOC(=O)C1(C(=O)OCC)CC(CCCO)=CN(c2ccccc2)C1c1ccc(OC)cc1. The maximum absolute atomic E-state index is 13.7. The van der Waals surface area contributed by atoms with Crippen molar-refractivity contribution >= 4 is 17.6 Å². The first-order chi connectivity index (χ1) is 16.5. The van der Waals surface area contributed by atoms with Crippen molar-refractivity contribution in [1.29, 1.82) is 0 Å². The molecule has 2 aromatic rings. The number of methoxy groups -OCH3 is 1. The molecule has 1 atom stereocenters. The lowest BCUT2D eigenvalue weighted by Crippen LogP contribution is -2.54. The number of benzene rings is 2. The van der Waals surface area contributed by atoms with Gasteiger partial charge in [-0.2, -0.15) is 0 Å². The van der Waals surface area contributed by atoms with Crippen molar-refractivity contribution in [2.45, 2.75) is 39.2 Å². The molecule has 0 saturated carbocycles. The molecule has 1 aliphatic heterocycles. The quantitative estimate of drug-likeness (QED) is 0.409. The van der Waals surface area contributed by atoms with E-state index in [1.54, 1.807) is 21.0 Å². The molecule has 7 heteroatoms. The first-order valence-corrected chi connectivity index (χ1v) is 11.6. The molecule has 1 heterocycles. The summed E-state index contributed by atoms with van der Waals surface area (Å²) in [6.45, 7) is 3.72. The van der Waals surface area contributed by atoms with Crippen LogP contribution < -0.4 is 9.64 Å². The Hall–Kier alpha value is -3.32. The smallest absolute Gasteiger partial charge is 0.326 e. The van der Waals surface area contributed by atoms with Gasteiger partial charge < -0.3 is 24.2 Å². The number of allylic oxidation sites excluding steroid dienone is 1. The molecular weight excluding hydrogens is 434 g/mol. The van der Waals surface area contributed by atoms with Gasteiger partial charge in [-0.15, -0.1) is 0 Å². The van der Waals surface area contributed by atoms with Gasteiger partial charge in [0.05, 0.1) is 26.4 Å². The third-order valence-electron chi connectivity index (χ3n) is 5.99. The summed E-state index contributed by atoms with van der Waals surface area (Å²) >= 11 is 0. The number of anilines is 1. The molecule has 0 aromatic heterocycles. The number of nitrogens with zero attached hydrogens (tertiary/aromatic N) is 1. The molecule has 2 aromatic carbocycles. The van der Waals surface area contributed by atoms with Crippen molar-refractivity contribution in [3.05, 3.63) is 71.9 Å². The Bertz CT molecular complexity index is 968. The van der Waals surface area contributed by atoms with Gasteiger partial charge in [0, 0.05) is 18.5 Å². The van der Waals surface area contributed by atoms with Crippen LogP contribution in [0, 0.1) is 5.41 Å². The fourth-order valence-corrected chi connectivity index (χ4v) is 4.49. The van der Waals surface area contributed by atoms with E-state index in [1.807, 2.05) is 65.7 Å². The number of aliphatic hydroxyl groups is 1. The largest absolute Gasteiger partial charge is 0.497 e. The maximum atomic E-state index is 13.7. The van der Waals surface area contributed by atoms with E-state index in [9.17, 15) is 14.7 Å². The normalized spacial score (nSPS) is 17.0. The standard InChI is InChI=1S/C27H33NO6/c1-4-33-25(30)27(26(31)34-5-2)18-20(10-9-17-29)19-28(22-11-7-6-8-12-22)24(27)21-13-15-23(32-3)16-14-21/h6-8,11-16,19,24,29H,4-5,9-10,17-18H2,1-3H3. The molecule has 1 N–H and O–H groups in total. The molecule has 1 aliphatic rings. The van der Waals surface area contributed by atoms with Gasteiger partial charge in [0.2, 0.25) is 0 Å². The van der Waals surface area contributed by atoms with Crippen LogP contribution in [0.4, 0.5) is 5.69 Å². The Labute approximate surface area is 200 Å². The van der Waals surface area contributed by atoms with Crippen LogP contribution in [0.25, 0.3) is 0 Å². The van der Waals surface area contributed by atoms with E-state index >= 15 is 0 Å². The van der Waals surface area contributed by atoms with Gasteiger partial charge in [0.25, 0.3) is 0 Å². The Balaban J connectivity index is 2.29. The average Bonchev–Trinajstić information content (AvgIpc) is 2.87. The molecule has 0 radical (unpaired) electrons. The lowest BCUT2D eigenvalue weighted by atomic mass is 9.69. The summed E-state index contributed by atoms with van der Waals surface area (Å²) in [5.41, 5.74) is 0.810. The summed E-state index contributed by atoms with van der Waals surface area (Å²) in [6.07, 6.45) is 3.18. The van der Waals surface area contributed by atoms with Gasteiger partial charge in [0.15, 0.2) is 5.41 Å². The second-order valence-corrected chi connectivity index (χ2v) is 8.12. The van der Waals surface area contributed by atoms with E-state index in [0.29, 0.717) is 18.6 Å². The highest BCUT2D eigenvalue weighted by Gasteiger charge is 2.59. The zero-order chi connectivity index (χ0) is 24.6. The lowest BCUT2D eigenvalue weighted by Gasteiger charge is -2.46.